The van der Waals surface area contributed by atoms with Crippen molar-refractivity contribution < 1.29 is 45.4 Å². The minimum absolute atomic E-state index is 0.0406. The van der Waals surface area contributed by atoms with Crippen LogP contribution in [0.2, 0.25) is 0 Å². The third-order valence-electron chi connectivity index (χ3n) is 6.80. The first kappa shape index (κ1) is 29.1. The molecule has 38 heavy (non-hydrogen) atoms. The first-order chi connectivity index (χ1) is 17.5. The molecule has 1 saturated carbocycles. The van der Waals surface area contributed by atoms with Gasteiger partial charge in [0.05, 0.1) is 16.1 Å². The maximum Gasteiger partial charge on any atom is 0.420 e. The van der Waals surface area contributed by atoms with E-state index in [1.165, 1.54) is 17.0 Å². The fraction of sp³-hybridized carbons (Fsp3) is 0.500. The zero-order chi connectivity index (χ0) is 28.1. The zero-order valence-electron chi connectivity index (χ0n) is 20.5. The van der Waals surface area contributed by atoms with Crippen LogP contribution in [0.25, 0.3) is 0 Å². The molecule has 0 amide bonds. The average molecular weight is 585 g/mol. The van der Waals surface area contributed by atoms with E-state index in [2.05, 4.69) is 0 Å². The molecule has 0 saturated heterocycles. The molecule has 2 aromatic carbocycles. The van der Waals surface area contributed by atoms with E-state index in [4.69, 9.17) is 4.74 Å². The van der Waals surface area contributed by atoms with Crippen molar-refractivity contribution in [1.82, 2.24) is 4.31 Å². The van der Waals surface area contributed by atoms with Crippen molar-refractivity contribution in [1.29, 1.82) is 0 Å². The van der Waals surface area contributed by atoms with Crippen molar-refractivity contribution >= 4 is 30.9 Å². The van der Waals surface area contributed by atoms with Crippen molar-refractivity contribution in [3.63, 3.8) is 0 Å². The highest BCUT2D eigenvalue weighted by Gasteiger charge is 2.58. The van der Waals surface area contributed by atoms with Crippen molar-refractivity contribution in [2.24, 2.45) is 0 Å². The van der Waals surface area contributed by atoms with Gasteiger partial charge in [-0.3, -0.25) is 4.57 Å². The molecule has 2 aliphatic rings. The molecule has 1 heterocycles. The zero-order valence-corrected chi connectivity index (χ0v) is 22.2. The number of hydrogen-bond acceptors (Lipinski definition) is 5. The molecular formula is C24H27F6N2O4PS. The highest BCUT2D eigenvalue weighted by Crippen LogP contribution is 2.65. The summed E-state index contributed by atoms with van der Waals surface area (Å²) >= 11 is 1.05. The number of rotatable bonds is 8. The smallest absolute Gasteiger partial charge is 0.420 e. The lowest BCUT2D eigenvalue weighted by atomic mass is 10.1. The third-order valence-corrected chi connectivity index (χ3v) is 9.73. The molecule has 0 bridgehead atoms. The van der Waals surface area contributed by atoms with Gasteiger partial charge in [0.2, 0.25) is 5.92 Å². The van der Waals surface area contributed by atoms with Crippen molar-refractivity contribution in [3.05, 3.63) is 47.8 Å². The van der Waals surface area contributed by atoms with E-state index in [0.29, 0.717) is 10.6 Å². The fourth-order valence-corrected chi connectivity index (χ4v) is 6.24. The summed E-state index contributed by atoms with van der Waals surface area (Å²) in [5.41, 5.74) is -0.654. The molecule has 6 nitrogen and oxygen atoms in total. The van der Waals surface area contributed by atoms with Crippen LogP contribution in [0.5, 0.6) is 5.75 Å². The molecule has 1 fully saturated rings. The Kier molecular flexibility index (Phi) is 7.83. The van der Waals surface area contributed by atoms with Gasteiger partial charge in [-0.2, -0.15) is 13.2 Å². The Morgan fingerprint density at radius 3 is 2.29 bits per heavy atom. The van der Waals surface area contributed by atoms with Gasteiger partial charge in [0.15, 0.2) is 0 Å². The van der Waals surface area contributed by atoms with E-state index < -0.39 is 61.1 Å². The Morgan fingerprint density at radius 1 is 1.13 bits per heavy atom. The summed E-state index contributed by atoms with van der Waals surface area (Å²) in [7, 11) is -2.95. The van der Waals surface area contributed by atoms with Crippen LogP contribution in [0, 0.1) is 5.82 Å². The maximum absolute atomic E-state index is 14.2. The second-order valence-electron chi connectivity index (χ2n) is 9.86. The molecular weight excluding hydrogens is 557 g/mol. The predicted molar refractivity (Wildman–Crippen MR) is 132 cm³/mol. The van der Waals surface area contributed by atoms with Crippen LogP contribution in [0.1, 0.15) is 38.2 Å². The molecule has 1 unspecified atom stereocenters. The van der Waals surface area contributed by atoms with Crippen molar-refractivity contribution in [2.45, 2.75) is 60.8 Å². The number of alkyl halides is 5. The van der Waals surface area contributed by atoms with Crippen LogP contribution >= 0.6 is 19.5 Å². The number of halogens is 6. The lowest BCUT2D eigenvalue weighted by molar-refractivity contribution is -0.139. The Labute approximate surface area is 220 Å². The first-order valence-corrected chi connectivity index (χ1v) is 14.1. The quantitative estimate of drug-likeness (QED) is 0.200. The van der Waals surface area contributed by atoms with Crippen LogP contribution in [-0.2, 0) is 10.7 Å². The van der Waals surface area contributed by atoms with Gasteiger partial charge in [-0.1, -0.05) is 0 Å². The van der Waals surface area contributed by atoms with Gasteiger partial charge in [0, 0.05) is 24.7 Å². The van der Waals surface area contributed by atoms with Crippen LogP contribution in [-0.4, -0.2) is 51.4 Å². The molecule has 14 heteroatoms. The number of benzene rings is 2. The lowest BCUT2D eigenvalue weighted by Crippen LogP contribution is -2.36. The third kappa shape index (κ3) is 6.44. The van der Waals surface area contributed by atoms with Gasteiger partial charge < -0.3 is 19.4 Å². The summed E-state index contributed by atoms with van der Waals surface area (Å²) in [5, 5.41) is -1.51. The molecule has 0 radical (unpaired) electrons. The second-order valence-corrected chi connectivity index (χ2v) is 13.1. The van der Waals surface area contributed by atoms with E-state index in [1.54, 1.807) is 11.4 Å². The standard InChI is InChI=1S/C24H27F6N2O4PS/c1-22(26,27)8-7-17-13-32(16-5-3-15(25)4-6-16)19-11-18(24(28,29)30)20(12-21(19)38-31(17)2)36-14-23(9-10-23)37(33,34)35/h3-6,11-12,17H,7-10,13-14H2,1-2H3,(H2,33,34,35). The van der Waals surface area contributed by atoms with E-state index in [-0.39, 0.29) is 31.5 Å². The molecule has 0 spiro atoms. The minimum Gasteiger partial charge on any atom is -0.492 e. The van der Waals surface area contributed by atoms with Crippen molar-refractivity contribution in [2.75, 3.05) is 25.1 Å². The first-order valence-electron chi connectivity index (χ1n) is 11.7. The normalized spacial score (nSPS) is 20.2. The van der Waals surface area contributed by atoms with E-state index >= 15 is 0 Å². The Morgan fingerprint density at radius 2 is 1.76 bits per heavy atom. The molecule has 1 aliphatic carbocycles. The largest absolute Gasteiger partial charge is 0.492 e. The van der Waals surface area contributed by atoms with Crippen LogP contribution in [0.4, 0.5) is 37.7 Å². The summed E-state index contributed by atoms with van der Waals surface area (Å²) in [6.45, 7) is 0.263. The topological polar surface area (TPSA) is 73.2 Å². The predicted octanol–water partition coefficient (Wildman–Crippen LogP) is 6.83. The summed E-state index contributed by atoms with van der Waals surface area (Å²) in [4.78, 5) is 21.1. The monoisotopic (exact) mass is 584 g/mol. The highest BCUT2D eigenvalue weighted by atomic mass is 32.2. The SMILES string of the molecule is CN1Sc2cc(OCC3(P(=O)(O)O)CC3)c(C(F)(F)F)cc2N(c2ccc(F)cc2)CC1CCC(C)(F)F. The van der Waals surface area contributed by atoms with Gasteiger partial charge in [-0.25, -0.2) is 17.5 Å². The fourth-order valence-electron chi connectivity index (χ4n) is 4.26. The summed E-state index contributed by atoms with van der Waals surface area (Å²) in [5.74, 6) is -4.07. The van der Waals surface area contributed by atoms with Crippen molar-refractivity contribution in [3.8, 4) is 5.75 Å². The summed E-state index contributed by atoms with van der Waals surface area (Å²) in [6.07, 6.45) is -5.02. The number of anilines is 2. The Bertz CT molecular complexity index is 1210. The van der Waals surface area contributed by atoms with Crippen LogP contribution in [0.3, 0.4) is 0 Å². The van der Waals surface area contributed by atoms with E-state index in [1.807, 2.05) is 0 Å². The van der Waals surface area contributed by atoms with E-state index in [0.717, 1.165) is 43.1 Å². The van der Waals surface area contributed by atoms with E-state index in [9.17, 15) is 40.7 Å². The summed E-state index contributed by atoms with van der Waals surface area (Å²) < 4.78 is 102. The number of nitrogens with zero attached hydrogens (tertiary/aromatic N) is 2. The number of ether oxygens (including phenoxy) is 1. The molecule has 1 atom stereocenters. The van der Waals surface area contributed by atoms with Gasteiger partial charge in [-0.05, 0) is 81.6 Å². The number of fused-ring (bicyclic) bond motifs is 1. The average Bonchev–Trinajstić information content (AvgIpc) is 3.60. The van der Waals surface area contributed by atoms with Gasteiger partial charge in [-0.15, -0.1) is 0 Å². The van der Waals surface area contributed by atoms with Gasteiger partial charge in [0.25, 0.3) is 0 Å². The van der Waals surface area contributed by atoms with Gasteiger partial charge >= 0.3 is 13.8 Å². The minimum atomic E-state index is -4.87. The molecule has 1 aliphatic heterocycles. The summed E-state index contributed by atoms with van der Waals surface area (Å²) in [6, 6.07) is 6.64. The Hall–Kier alpha value is -1.92. The molecule has 4 rings (SSSR count). The number of hydrogen-bond donors (Lipinski definition) is 2. The molecule has 0 aromatic heterocycles. The van der Waals surface area contributed by atoms with Gasteiger partial charge in [0.1, 0.15) is 23.3 Å². The van der Waals surface area contributed by atoms with Crippen LogP contribution in [0.15, 0.2) is 41.3 Å². The maximum atomic E-state index is 14.2. The molecule has 2 aromatic rings. The van der Waals surface area contributed by atoms with Crippen LogP contribution < -0.4 is 9.64 Å². The number of likely N-dealkylation sites (N-methyl/N-ethyl adjacent to an activating group) is 1. The molecule has 210 valence electrons. The lowest BCUT2D eigenvalue weighted by Gasteiger charge is -2.30. The second kappa shape index (κ2) is 10.2. The molecule has 2 N–H and O–H groups in total. The Balaban J connectivity index is 1.77. The highest BCUT2D eigenvalue weighted by molar-refractivity contribution is 7.97.